The Bertz CT molecular complexity index is 554. The van der Waals surface area contributed by atoms with E-state index in [2.05, 4.69) is 15.6 Å². The number of benzene rings is 1. The molecule has 0 spiro atoms. The van der Waals surface area contributed by atoms with Crippen LogP contribution in [0.2, 0.25) is 0 Å². The van der Waals surface area contributed by atoms with Gasteiger partial charge in [-0.2, -0.15) is 0 Å². The highest BCUT2D eigenvalue weighted by Gasteiger charge is 2.13. The fourth-order valence-corrected chi connectivity index (χ4v) is 2.25. The van der Waals surface area contributed by atoms with Crippen LogP contribution in [0.5, 0.6) is 17.2 Å². The Morgan fingerprint density at radius 2 is 2.00 bits per heavy atom. The summed E-state index contributed by atoms with van der Waals surface area (Å²) in [5, 5.41) is 6.46. The molecule has 8 nitrogen and oxygen atoms in total. The van der Waals surface area contributed by atoms with Crippen molar-refractivity contribution in [1.29, 1.82) is 0 Å². The zero-order chi connectivity index (χ0) is 18.5. The van der Waals surface area contributed by atoms with Crippen LogP contribution in [0.25, 0.3) is 0 Å². The van der Waals surface area contributed by atoms with Gasteiger partial charge in [0.2, 0.25) is 6.79 Å². The smallest absolute Gasteiger partial charge is 0.231 e. The Kier molecular flexibility index (Phi) is 9.45. The minimum Gasteiger partial charge on any atom is -0.492 e. The topological polar surface area (TPSA) is 82.6 Å². The summed E-state index contributed by atoms with van der Waals surface area (Å²) in [4.78, 5) is 4.51. The standard InChI is InChI=1S/C18H29N3O5/c1-3-19-18(20-7-4-9-23-12-11-22-2)21-8-10-24-15-5-6-16-17(13-15)26-14-25-16/h5-6,13H,3-4,7-12,14H2,1-2H3,(H2,19,20,21). The van der Waals surface area contributed by atoms with Crippen molar-refractivity contribution in [2.45, 2.75) is 13.3 Å². The highest BCUT2D eigenvalue weighted by molar-refractivity contribution is 5.79. The Morgan fingerprint density at radius 1 is 1.12 bits per heavy atom. The Balaban J connectivity index is 1.62. The van der Waals surface area contributed by atoms with E-state index in [1.54, 1.807) is 7.11 Å². The van der Waals surface area contributed by atoms with Crippen molar-refractivity contribution < 1.29 is 23.7 Å². The van der Waals surface area contributed by atoms with Gasteiger partial charge in [0.1, 0.15) is 12.4 Å². The number of aliphatic imine (C=N–C) groups is 1. The molecule has 0 bridgehead atoms. The summed E-state index contributed by atoms with van der Waals surface area (Å²) in [6.45, 7) is 6.89. The van der Waals surface area contributed by atoms with Crippen molar-refractivity contribution in [3.63, 3.8) is 0 Å². The number of fused-ring (bicyclic) bond motifs is 1. The van der Waals surface area contributed by atoms with E-state index in [4.69, 9.17) is 23.7 Å². The minimum absolute atomic E-state index is 0.264. The molecule has 8 heteroatoms. The number of methoxy groups -OCH3 is 1. The lowest BCUT2D eigenvalue weighted by Gasteiger charge is -2.12. The lowest BCUT2D eigenvalue weighted by Crippen LogP contribution is -2.39. The van der Waals surface area contributed by atoms with Gasteiger partial charge in [0.15, 0.2) is 17.5 Å². The lowest BCUT2D eigenvalue weighted by atomic mass is 10.3. The molecule has 0 atom stereocenters. The third-order valence-corrected chi connectivity index (χ3v) is 3.50. The van der Waals surface area contributed by atoms with E-state index in [-0.39, 0.29) is 6.79 Å². The summed E-state index contributed by atoms with van der Waals surface area (Å²) < 4.78 is 26.7. The van der Waals surface area contributed by atoms with E-state index >= 15 is 0 Å². The van der Waals surface area contributed by atoms with Crippen LogP contribution in [0, 0.1) is 0 Å². The van der Waals surface area contributed by atoms with Crippen molar-refractivity contribution >= 4 is 5.96 Å². The Morgan fingerprint density at radius 3 is 2.85 bits per heavy atom. The summed E-state index contributed by atoms with van der Waals surface area (Å²) in [7, 11) is 1.66. The van der Waals surface area contributed by atoms with Gasteiger partial charge in [-0.05, 0) is 25.5 Å². The molecule has 0 unspecified atom stereocenters. The van der Waals surface area contributed by atoms with Gasteiger partial charge in [-0.1, -0.05) is 0 Å². The largest absolute Gasteiger partial charge is 0.492 e. The average molecular weight is 367 g/mol. The highest BCUT2D eigenvalue weighted by Crippen LogP contribution is 2.34. The molecule has 0 aromatic heterocycles. The summed E-state index contributed by atoms with van der Waals surface area (Å²) in [5.74, 6) is 3.01. The molecule has 146 valence electrons. The number of rotatable bonds is 12. The molecule has 26 heavy (non-hydrogen) atoms. The molecule has 0 saturated carbocycles. The third-order valence-electron chi connectivity index (χ3n) is 3.50. The predicted molar refractivity (Wildman–Crippen MR) is 99.4 cm³/mol. The molecule has 0 amide bonds. The molecule has 2 N–H and O–H groups in total. The van der Waals surface area contributed by atoms with Crippen LogP contribution in [0.1, 0.15) is 13.3 Å². The maximum Gasteiger partial charge on any atom is 0.231 e. The number of hydrogen-bond acceptors (Lipinski definition) is 6. The first-order chi connectivity index (χ1) is 12.8. The molecule has 0 aliphatic carbocycles. The van der Waals surface area contributed by atoms with Gasteiger partial charge < -0.3 is 34.3 Å². The lowest BCUT2D eigenvalue weighted by molar-refractivity contribution is 0.0702. The van der Waals surface area contributed by atoms with Gasteiger partial charge in [-0.3, -0.25) is 4.99 Å². The first kappa shape index (κ1) is 20.1. The second kappa shape index (κ2) is 12.2. The van der Waals surface area contributed by atoms with Crippen LogP contribution in [-0.2, 0) is 9.47 Å². The molecule has 2 rings (SSSR count). The van der Waals surface area contributed by atoms with Gasteiger partial charge in [0.05, 0.1) is 19.8 Å². The molecular formula is C18H29N3O5. The minimum atomic E-state index is 0.264. The summed E-state index contributed by atoms with van der Waals surface area (Å²) in [5.41, 5.74) is 0. The number of guanidine groups is 1. The van der Waals surface area contributed by atoms with Gasteiger partial charge >= 0.3 is 0 Å². The predicted octanol–water partition coefficient (Wildman–Crippen LogP) is 1.40. The zero-order valence-corrected chi connectivity index (χ0v) is 15.6. The summed E-state index contributed by atoms with van der Waals surface area (Å²) in [6, 6.07) is 5.56. The Hall–Kier alpha value is -2.19. The van der Waals surface area contributed by atoms with Crippen molar-refractivity contribution in [1.82, 2.24) is 10.6 Å². The van der Waals surface area contributed by atoms with E-state index in [0.717, 1.165) is 36.2 Å². The molecular weight excluding hydrogens is 338 g/mol. The number of nitrogens with zero attached hydrogens (tertiary/aromatic N) is 1. The molecule has 1 aromatic carbocycles. The van der Waals surface area contributed by atoms with E-state index in [9.17, 15) is 0 Å². The molecule has 0 radical (unpaired) electrons. The maximum absolute atomic E-state index is 5.73. The Labute approximate surface area is 154 Å². The van der Waals surface area contributed by atoms with E-state index in [0.29, 0.717) is 39.5 Å². The number of ether oxygens (including phenoxy) is 5. The number of nitrogens with one attached hydrogen (secondary N) is 2. The quantitative estimate of drug-likeness (QED) is 0.328. The van der Waals surface area contributed by atoms with Crippen LogP contribution in [0.15, 0.2) is 23.2 Å². The fourth-order valence-electron chi connectivity index (χ4n) is 2.25. The first-order valence-corrected chi connectivity index (χ1v) is 8.94. The molecule has 0 fully saturated rings. The summed E-state index contributed by atoms with van der Waals surface area (Å²) >= 11 is 0. The van der Waals surface area contributed by atoms with Crippen molar-refractivity contribution in [3.8, 4) is 17.2 Å². The average Bonchev–Trinajstić information content (AvgIpc) is 3.12. The fraction of sp³-hybridized carbons (Fsp3) is 0.611. The molecule has 1 aromatic rings. The monoisotopic (exact) mass is 367 g/mol. The number of hydrogen-bond donors (Lipinski definition) is 2. The molecule has 1 aliphatic heterocycles. The van der Waals surface area contributed by atoms with Crippen LogP contribution in [0.4, 0.5) is 0 Å². The van der Waals surface area contributed by atoms with Gasteiger partial charge in [0, 0.05) is 32.9 Å². The van der Waals surface area contributed by atoms with Crippen LogP contribution < -0.4 is 24.8 Å². The van der Waals surface area contributed by atoms with Crippen molar-refractivity contribution in [2.75, 3.05) is 60.0 Å². The van der Waals surface area contributed by atoms with E-state index in [1.165, 1.54) is 0 Å². The van der Waals surface area contributed by atoms with Crippen LogP contribution in [0.3, 0.4) is 0 Å². The normalized spacial score (nSPS) is 12.9. The first-order valence-electron chi connectivity index (χ1n) is 8.94. The summed E-state index contributed by atoms with van der Waals surface area (Å²) in [6.07, 6.45) is 0.869. The molecule has 1 aliphatic rings. The molecule has 0 saturated heterocycles. The second-order valence-electron chi connectivity index (χ2n) is 5.51. The zero-order valence-electron chi connectivity index (χ0n) is 15.6. The van der Waals surface area contributed by atoms with Gasteiger partial charge in [0.25, 0.3) is 0 Å². The van der Waals surface area contributed by atoms with E-state index < -0.39 is 0 Å². The second-order valence-corrected chi connectivity index (χ2v) is 5.51. The molecule has 1 heterocycles. The van der Waals surface area contributed by atoms with Gasteiger partial charge in [-0.15, -0.1) is 0 Å². The van der Waals surface area contributed by atoms with Gasteiger partial charge in [-0.25, -0.2) is 0 Å². The van der Waals surface area contributed by atoms with E-state index in [1.807, 2.05) is 25.1 Å². The third kappa shape index (κ3) is 7.37. The highest BCUT2D eigenvalue weighted by atomic mass is 16.7. The maximum atomic E-state index is 5.73. The van der Waals surface area contributed by atoms with Crippen LogP contribution >= 0.6 is 0 Å². The van der Waals surface area contributed by atoms with Crippen molar-refractivity contribution in [3.05, 3.63) is 18.2 Å². The van der Waals surface area contributed by atoms with Crippen molar-refractivity contribution in [2.24, 2.45) is 4.99 Å². The SMILES string of the molecule is CCNC(=NCCCOCCOC)NCCOc1ccc2c(c1)OCO2. The van der Waals surface area contributed by atoms with Crippen LogP contribution in [-0.4, -0.2) is 65.9 Å².